The molecule has 230 valence electrons. The molecule has 8 N–H and O–H groups in total. The summed E-state index contributed by atoms with van der Waals surface area (Å²) in [5.41, 5.74) is 18.6. The highest BCUT2D eigenvalue weighted by molar-refractivity contribution is 7.91. The molecule has 0 unspecified atom stereocenters. The van der Waals surface area contributed by atoms with Gasteiger partial charge in [-0.2, -0.15) is 13.2 Å². The van der Waals surface area contributed by atoms with E-state index in [4.69, 9.17) is 17.2 Å². The molecule has 0 aliphatic rings. The van der Waals surface area contributed by atoms with Crippen molar-refractivity contribution in [3.63, 3.8) is 0 Å². The number of likely N-dealkylation sites (N-methyl/N-ethyl adjacent to an activating group) is 1. The van der Waals surface area contributed by atoms with Crippen molar-refractivity contribution in [3.05, 3.63) is 71.9 Å². The molecular formula is C28H39F3N7O3S+. The van der Waals surface area contributed by atoms with Crippen LogP contribution >= 0.6 is 0 Å². The molecule has 1 aromatic heterocycles. The van der Waals surface area contributed by atoms with Crippen molar-refractivity contribution in [1.82, 2.24) is 10.3 Å². The first-order valence-corrected chi connectivity index (χ1v) is 15.3. The Balaban J connectivity index is 1.73. The van der Waals surface area contributed by atoms with Gasteiger partial charge in [0.1, 0.15) is 0 Å². The molecule has 3 rings (SSSR count). The van der Waals surface area contributed by atoms with Gasteiger partial charge in [0.05, 0.1) is 60.9 Å². The third kappa shape index (κ3) is 9.91. The summed E-state index contributed by atoms with van der Waals surface area (Å²) < 4.78 is 65.1. The minimum Gasteiger partial charge on any atom is -0.382 e. The van der Waals surface area contributed by atoms with Gasteiger partial charge in [-0.1, -0.05) is 30.3 Å². The van der Waals surface area contributed by atoms with E-state index in [1.54, 1.807) is 13.2 Å². The molecular weight excluding hydrogens is 571 g/mol. The Morgan fingerprint density at radius 3 is 2.31 bits per heavy atom. The van der Waals surface area contributed by atoms with Crippen LogP contribution in [0.3, 0.4) is 0 Å². The van der Waals surface area contributed by atoms with Crippen LogP contribution in [-0.2, 0) is 27.2 Å². The van der Waals surface area contributed by atoms with Crippen molar-refractivity contribution in [1.29, 1.82) is 0 Å². The van der Waals surface area contributed by atoms with Crippen molar-refractivity contribution in [2.75, 3.05) is 56.7 Å². The van der Waals surface area contributed by atoms with E-state index in [9.17, 15) is 26.4 Å². The number of hydrogen-bond acceptors (Lipinski definition) is 8. The van der Waals surface area contributed by atoms with E-state index in [0.717, 1.165) is 23.0 Å². The Labute approximate surface area is 244 Å². The van der Waals surface area contributed by atoms with E-state index in [0.29, 0.717) is 24.3 Å². The molecule has 1 heterocycles. The zero-order chi connectivity index (χ0) is 31.0. The van der Waals surface area contributed by atoms with Gasteiger partial charge in [0.2, 0.25) is 15.7 Å². The molecule has 0 bridgehead atoms. The monoisotopic (exact) mass is 610 g/mol. The zero-order valence-corrected chi connectivity index (χ0v) is 24.3. The highest BCUT2D eigenvalue weighted by Gasteiger charge is 2.32. The summed E-state index contributed by atoms with van der Waals surface area (Å²) in [5.74, 6) is -1.55. The number of nitrogens with two attached hydrogens (primary N) is 3. The smallest absolute Gasteiger partial charge is 0.382 e. The molecule has 14 heteroatoms. The van der Waals surface area contributed by atoms with E-state index in [2.05, 4.69) is 15.6 Å². The maximum Gasteiger partial charge on any atom is 0.416 e. The maximum atomic E-state index is 13.1. The molecule has 0 saturated carbocycles. The molecule has 3 aromatic rings. The molecule has 42 heavy (non-hydrogen) atoms. The number of fused-ring (bicyclic) bond motifs is 1. The first-order valence-electron chi connectivity index (χ1n) is 13.5. The molecule has 0 radical (unpaired) electrons. The Morgan fingerprint density at radius 1 is 1.05 bits per heavy atom. The SMILES string of the molecule is C[N+](CCN)(CCN)CS(=O)(=O)C[C@H](N)C(=O)N[C@H](CNc1cnc2ccccc2c1)Cc1ccc(C(F)(F)F)cc1. The quantitative estimate of drug-likeness (QED) is 0.161. The topological polar surface area (TPSA) is 166 Å². The number of aromatic nitrogens is 1. The molecule has 10 nitrogen and oxygen atoms in total. The van der Waals surface area contributed by atoms with Gasteiger partial charge in [-0.05, 0) is 36.2 Å². The lowest BCUT2D eigenvalue weighted by molar-refractivity contribution is -0.895. The van der Waals surface area contributed by atoms with Gasteiger partial charge in [0, 0.05) is 25.0 Å². The zero-order valence-electron chi connectivity index (χ0n) is 23.5. The number of halogens is 3. The summed E-state index contributed by atoms with van der Waals surface area (Å²) in [6, 6.07) is 12.1. The predicted octanol–water partition coefficient (Wildman–Crippen LogP) is 1.46. The van der Waals surface area contributed by atoms with E-state index >= 15 is 0 Å². The van der Waals surface area contributed by atoms with Crippen LogP contribution in [0, 0.1) is 0 Å². The summed E-state index contributed by atoms with van der Waals surface area (Å²) >= 11 is 0. The van der Waals surface area contributed by atoms with Crippen molar-refractivity contribution in [2.45, 2.75) is 24.7 Å². The number of sulfone groups is 1. The van der Waals surface area contributed by atoms with Crippen LogP contribution in [0.1, 0.15) is 11.1 Å². The lowest BCUT2D eigenvalue weighted by atomic mass is 10.0. The number of alkyl halides is 3. The molecule has 0 saturated heterocycles. The van der Waals surface area contributed by atoms with E-state index in [-0.39, 0.29) is 36.4 Å². The number of nitrogens with zero attached hydrogens (tertiary/aromatic N) is 2. The number of rotatable bonds is 15. The number of pyridine rings is 1. The van der Waals surface area contributed by atoms with E-state index in [1.807, 2.05) is 30.3 Å². The number of carbonyl (C=O) groups excluding carboxylic acids is 1. The van der Waals surface area contributed by atoms with Crippen molar-refractivity contribution in [2.24, 2.45) is 17.2 Å². The third-order valence-electron chi connectivity index (χ3n) is 6.87. The molecule has 0 aliphatic carbocycles. The van der Waals surface area contributed by atoms with Gasteiger partial charge in [0.15, 0.2) is 5.88 Å². The van der Waals surface area contributed by atoms with Crippen molar-refractivity contribution < 1.29 is 30.9 Å². The number of para-hydroxylation sites is 1. The standard InChI is InChI=1S/C28H38F3N7O3S/c1-38(12-10-32,13-11-33)19-42(40,41)18-25(34)27(39)37-24(14-20-6-8-22(9-7-20)28(29,30)31)17-35-23-15-21-4-2-3-5-26(21)36-16-23/h2-9,15-16,24-25,35H,10-14,17-19,32-34H2,1H3/p+1/t24-,25-/m0/s1. The number of quaternary nitrogens is 1. The van der Waals surface area contributed by atoms with Crippen LogP contribution in [0.2, 0.25) is 0 Å². The Morgan fingerprint density at radius 2 is 1.69 bits per heavy atom. The fourth-order valence-electron chi connectivity index (χ4n) is 4.75. The van der Waals surface area contributed by atoms with Gasteiger partial charge in [0.25, 0.3) is 0 Å². The number of nitrogens with one attached hydrogen (secondary N) is 2. The largest absolute Gasteiger partial charge is 0.416 e. The highest BCUT2D eigenvalue weighted by atomic mass is 32.2. The summed E-state index contributed by atoms with van der Waals surface area (Å²) in [6.07, 6.45) is -2.67. The van der Waals surface area contributed by atoms with E-state index < -0.39 is 45.3 Å². The fraction of sp³-hybridized carbons (Fsp3) is 0.429. The lowest BCUT2D eigenvalue weighted by Gasteiger charge is -2.33. The minimum atomic E-state index is -4.47. The van der Waals surface area contributed by atoms with Crippen LogP contribution in [0.15, 0.2) is 60.8 Å². The fourth-order valence-corrected chi connectivity index (χ4v) is 6.76. The van der Waals surface area contributed by atoms with Gasteiger partial charge in [-0.15, -0.1) is 0 Å². The molecule has 0 spiro atoms. The molecule has 0 fully saturated rings. The molecule has 1 amide bonds. The summed E-state index contributed by atoms with van der Waals surface area (Å²) in [5, 5.41) is 6.87. The number of amides is 1. The second-order valence-electron chi connectivity index (χ2n) is 10.7. The van der Waals surface area contributed by atoms with Gasteiger partial charge < -0.3 is 32.3 Å². The minimum absolute atomic E-state index is 0.101. The van der Waals surface area contributed by atoms with Gasteiger partial charge in [-0.3, -0.25) is 9.78 Å². The molecule has 0 aliphatic heterocycles. The molecule has 2 atom stereocenters. The van der Waals surface area contributed by atoms with E-state index in [1.165, 1.54) is 12.1 Å². The van der Waals surface area contributed by atoms with Crippen LogP contribution in [0.5, 0.6) is 0 Å². The van der Waals surface area contributed by atoms with Crippen LogP contribution in [0.25, 0.3) is 10.9 Å². The first kappa shape index (κ1) is 33.2. The van der Waals surface area contributed by atoms with Crippen LogP contribution in [-0.4, -0.2) is 87.3 Å². The van der Waals surface area contributed by atoms with Crippen LogP contribution in [0.4, 0.5) is 18.9 Å². The molecule has 2 aromatic carbocycles. The average molecular weight is 611 g/mol. The number of anilines is 1. The van der Waals surface area contributed by atoms with Gasteiger partial charge >= 0.3 is 6.18 Å². The Hall–Kier alpha value is -3.30. The predicted molar refractivity (Wildman–Crippen MR) is 158 cm³/mol. The number of benzene rings is 2. The summed E-state index contributed by atoms with van der Waals surface area (Å²) in [6.45, 7) is 1.49. The third-order valence-corrected chi connectivity index (χ3v) is 8.75. The Bertz CT molecular complexity index is 1430. The first-order chi connectivity index (χ1) is 19.7. The average Bonchev–Trinajstić information content (AvgIpc) is 2.90. The lowest BCUT2D eigenvalue weighted by Crippen LogP contribution is -2.55. The number of carbonyl (C=O) groups is 1. The summed E-state index contributed by atoms with van der Waals surface area (Å²) in [7, 11) is -2.04. The second-order valence-corrected chi connectivity index (χ2v) is 12.8. The second kappa shape index (κ2) is 14.2. The van der Waals surface area contributed by atoms with Crippen molar-refractivity contribution in [3.8, 4) is 0 Å². The maximum absolute atomic E-state index is 13.1. The normalized spacial score (nSPS) is 14.0. The van der Waals surface area contributed by atoms with Crippen LogP contribution < -0.4 is 27.8 Å². The van der Waals surface area contributed by atoms with Crippen molar-refractivity contribution >= 4 is 32.3 Å². The summed E-state index contributed by atoms with van der Waals surface area (Å²) in [4.78, 5) is 17.5. The van der Waals surface area contributed by atoms with Gasteiger partial charge in [-0.25, -0.2) is 8.42 Å². The Kier molecular flexibility index (Phi) is 11.3. The highest BCUT2D eigenvalue weighted by Crippen LogP contribution is 2.29. The number of hydrogen-bond donors (Lipinski definition) is 5.